The van der Waals surface area contributed by atoms with Crippen LogP contribution in [0.4, 0.5) is 4.39 Å². The van der Waals surface area contributed by atoms with Crippen LogP contribution in [-0.2, 0) is 11.3 Å². The Morgan fingerprint density at radius 3 is 3.04 bits per heavy atom. The Bertz CT molecular complexity index is 756. The number of benzene rings is 1. The first-order valence-corrected chi connectivity index (χ1v) is 8.83. The minimum absolute atomic E-state index is 0.0374. The molecule has 1 aliphatic carbocycles. The number of nitrogens with one attached hydrogen (secondary N) is 2. The molecule has 2 fully saturated rings. The van der Waals surface area contributed by atoms with E-state index in [2.05, 4.69) is 10.6 Å². The highest BCUT2D eigenvalue weighted by atomic mass is 19.1. The molecule has 0 radical (unpaired) electrons. The second kappa shape index (κ2) is 6.20. The monoisotopic (exact) mass is 330 g/mol. The molecule has 128 valence electrons. The predicted molar refractivity (Wildman–Crippen MR) is 90.0 cm³/mol. The third-order valence-electron chi connectivity index (χ3n) is 5.60. The van der Waals surface area contributed by atoms with Crippen LogP contribution in [0.1, 0.15) is 43.4 Å². The number of furan rings is 1. The zero-order valence-corrected chi connectivity index (χ0v) is 13.9. The summed E-state index contributed by atoms with van der Waals surface area (Å²) in [6.45, 7) is 2.24. The van der Waals surface area contributed by atoms with Crippen molar-refractivity contribution in [3.8, 4) is 0 Å². The van der Waals surface area contributed by atoms with Crippen LogP contribution in [0.25, 0.3) is 11.0 Å². The molecule has 1 aliphatic heterocycles. The highest BCUT2D eigenvalue weighted by Gasteiger charge is 2.38. The van der Waals surface area contributed by atoms with Crippen LogP contribution in [0.15, 0.2) is 22.6 Å². The van der Waals surface area contributed by atoms with E-state index in [-0.39, 0.29) is 17.8 Å². The molecule has 0 spiro atoms. The van der Waals surface area contributed by atoms with Gasteiger partial charge in [-0.3, -0.25) is 4.79 Å². The average Bonchev–Trinajstić information content (AvgIpc) is 3.15. The van der Waals surface area contributed by atoms with Gasteiger partial charge in [-0.1, -0.05) is 12.8 Å². The Labute approximate surface area is 140 Å². The average molecular weight is 330 g/mol. The maximum atomic E-state index is 13.4. The van der Waals surface area contributed by atoms with Gasteiger partial charge in [-0.05, 0) is 50.3 Å². The van der Waals surface area contributed by atoms with E-state index in [0.29, 0.717) is 29.8 Å². The van der Waals surface area contributed by atoms with E-state index in [0.717, 1.165) is 17.4 Å². The molecule has 3 unspecified atom stereocenters. The standard InChI is InChI=1S/C19H23FN2O2/c1-11-14-9-13(20)6-7-17(14)24-18(11)10-21-19(23)16-8-12-4-2-3-5-15(12)22-16/h6-7,9,12,15-16,22H,2-5,8,10H2,1H3,(H,21,23). The third-order valence-corrected chi connectivity index (χ3v) is 5.60. The highest BCUT2D eigenvalue weighted by Crippen LogP contribution is 2.33. The van der Waals surface area contributed by atoms with Crippen LogP contribution >= 0.6 is 0 Å². The molecule has 1 aromatic carbocycles. The normalized spacial score (nSPS) is 26.5. The number of halogens is 1. The smallest absolute Gasteiger partial charge is 0.237 e. The summed E-state index contributed by atoms with van der Waals surface area (Å²) in [5.41, 5.74) is 1.54. The van der Waals surface area contributed by atoms with E-state index < -0.39 is 0 Å². The van der Waals surface area contributed by atoms with Gasteiger partial charge in [0, 0.05) is 17.0 Å². The summed E-state index contributed by atoms with van der Waals surface area (Å²) in [4.78, 5) is 12.5. The molecule has 1 saturated carbocycles. The number of aryl methyl sites for hydroxylation is 1. The molecule has 4 rings (SSSR count). The molecule has 1 saturated heterocycles. The van der Waals surface area contributed by atoms with Gasteiger partial charge in [0.25, 0.3) is 0 Å². The summed E-state index contributed by atoms with van der Waals surface area (Å²) in [6.07, 6.45) is 5.89. The van der Waals surface area contributed by atoms with Gasteiger partial charge in [-0.15, -0.1) is 0 Å². The van der Waals surface area contributed by atoms with E-state index in [1.165, 1.54) is 37.8 Å². The molecule has 1 amide bonds. The Morgan fingerprint density at radius 1 is 1.38 bits per heavy atom. The van der Waals surface area contributed by atoms with Crippen LogP contribution in [0.5, 0.6) is 0 Å². The lowest BCUT2D eigenvalue weighted by atomic mass is 9.85. The van der Waals surface area contributed by atoms with E-state index >= 15 is 0 Å². The molecular weight excluding hydrogens is 307 g/mol. The first kappa shape index (κ1) is 15.6. The maximum absolute atomic E-state index is 13.4. The van der Waals surface area contributed by atoms with Gasteiger partial charge >= 0.3 is 0 Å². The Kier molecular flexibility index (Phi) is 4.04. The number of fused-ring (bicyclic) bond motifs is 2. The minimum Gasteiger partial charge on any atom is -0.459 e. The first-order chi connectivity index (χ1) is 11.6. The number of carbonyl (C=O) groups is 1. The summed E-state index contributed by atoms with van der Waals surface area (Å²) >= 11 is 0. The maximum Gasteiger partial charge on any atom is 0.237 e. The van der Waals surface area contributed by atoms with Crippen molar-refractivity contribution in [3.05, 3.63) is 35.3 Å². The number of amides is 1. The number of carbonyl (C=O) groups excluding carboxylic acids is 1. The Morgan fingerprint density at radius 2 is 2.21 bits per heavy atom. The van der Waals surface area contributed by atoms with Gasteiger partial charge in [0.05, 0.1) is 12.6 Å². The molecule has 1 aromatic heterocycles. The van der Waals surface area contributed by atoms with Gasteiger partial charge in [-0.2, -0.15) is 0 Å². The van der Waals surface area contributed by atoms with E-state index in [1.807, 2.05) is 6.92 Å². The highest BCUT2D eigenvalue weighted by molar-refractivity contribution is 5.84. The van der Waals surface area contributed by atoms with Gasteiger partial charge < -0.3 is 15.1 Å². The van der Waals surface area contributed by atoms with Crippen LogP contribution < -0.4 is 10.6 Å². The fraction of sp³-hybridized carbons (Fsp3) is 0.526. The fourth-order valence-corrected chi connectivity index (χ4v) is 4.22. The zero-order chi connectivity index (χ0) is 16.7. The van der Waals surface area contributed by atoms with Gasteiger partial charge in [-0.25, -0.2) is 4.39 Å². The van der Waals surface area contributed by atoms with Crippen molar-refractivity contribution in [1.29, 1.82) is 0 Å². The fourth-order valence-electron chi connectivity index (χ4n) is 4.22. The summed E-state index contributed by atoms with van der Waals surface area (Å²) in [5.74, 6) is 1.10. The molecule has 24 heavy (non-hydrogen) atoms. The third kappa shape index (κ3) is 2.81. The molecule has 2 aromatic rings. The van der Waals surface area contributed by atoms with E-state index in [1.54, 1.807) is 6.07 Å². The van der Waals surface area contributed by atoms with Gasteiger partial charge in [0.2, 0.25) is 5.91 Å². The van der Waals surface area contributed by atoms with Crippen LogP contribution in [-0.4, -0.2) is 18.0 Å². The van der Waals surface area contributed by atoms with E-state index in [4.69, 9.17) is 4.42 Å². The molecule has 5 heteroatoms. The second-order valence-electron chi connectivity index (χ2n) is 7.11. The van der Waals surface area contributed by atoms with Crippen molar-refractivity contribution >= 4 is 16.9 Å². The molecule has 3 atom stereocenters. The van der Waals surface area contributed by atoms with E-state index in [9.17, 15) is 9.18 Å². The first-order valence-electron chi connectivity index (χ1n) is 8.83. The number of rotatable bonds is 3. The number of hydrogen-bond acceptors (Lipinski definition) is 3. The van der Waals surface area contributed by atoms with Gasteiger partial charge in [0.1, 0.15) is 17.2 Å². The quantitative estimate of drug-likeness (QED) is 0.907. The molecule has 4 nitrogen and oxygen atoms in total. The lowest BCUT2D eigenvalue weighted by Gasteiger charge is -2.24. The van der Waals surface area contributed by atoms with Gasteiger partial charge in [0.15, 0.2) is 0 Å². The number of hydrogen-bond donors (Lipinski definition) is 2. The summed E-state index contributed by atoms with van der Waals surface area (Å²) < 4.78 is 19.1. The molecular formula is C19H23FN2O2. The predicted octanol–water partition coefficient (Wildman–Crippen LogP) is 3.42. The molecule has 2 aliphatic rings. The van der Waals surface area contributed by atoms with Crippen LogP contribution in [0.3, 0.4) is 0 Å². The summed E-state index contributed by atoms with van der Waals surface area (Å²) in [6, 6.07) is 4.90. The Balaban J connectivity index is 1.41. The molecule has 2 heterocycles. The van der Waals surface area contributed by atoms with Crippen molar-refractivity contribution in [2.45, 2.75) is 57.7 Å². The topological polar surface area (TPSA) is 54.3 Å². The largest absolute Gasteiger partial charge is 0.459 e. The molecule has 2 N–H and O–H groups in total. The van der Waals surface area contributed by atoms with Crippen LogP contribution in [0.2, 0.25) is 0 Å². The molecule has 0 bridgehead atoms. The lowest BCUT2D eigenvalue weighted by Crippen LogP contribution is -2.42. The van der Waals surface area contributed by atoms with Crippen molar-refractivity contribution < 1.29 is 13.6 Å². The van der Waals surface area contributed by atoms with Crippen molar-refractivity contribution in [2.24, 2.45) is 5.92 Å². The SMILES string of the molecule is Cc1c(CNC(=O)C2CC3CCCCC3N2)oc2ccc(F)cc12. The van der Waals surface area contributed by atoms with Crippen LogP contribution in [0, 0.1) is 18.7 Å². The summed E-state index contributed by atoms with van der Waals surface area (Å²) in [5, 5.41) is 7.23. The zero-order valence-electron chi connectivity index (χ0n) is 13.9. The summed E-state index contributed by atoms with van der Waals surface area (Å²) in [7, 11) is 0. The Hall–Kier alpha value is -1.88. The second-order valence-corrected chi connectivity index (χ2v) is 7.11. The van der Waals surface area contributed by atoms with Crippen molar-refractivity contribution in [3.63, 3.8) is 0 Å². The minimum atomic E-state index is -0.278. The van der Waals surface area contributed by atoms with Crippen molar-refractivity contribution in [2.75, 3.05) is 0 Å². The lowest BCUT2D eigenvalue weighted by molar-refractivity contribution is -0.123. The van der Waals surface area contributed by atoms with Crippen molar-refractivity contribution in [1.82, 2.24) is 10.6 Å².